The number of ether oxygens (including phenoxy) is 1. The van der Waals surface area contributed by atoms with Crippen molar-refractivity contribution in [3.05, 3.63) is 78.1 Å². The number of nitrogens with zero attached hydrogens (tertiary/aromatic N) is 3. The van der Waals surface area contributed by atoms with Crippen molar-refractivity contribution >= 4 is 17.6 Å². The van der Waals surface area contributed by atoms with E-state index in [-0.39, 0.29) is 0 Å². The Balaban J connectivity index is 1.63. The molecule has 29 heavy (non-hydrogen) atoms. The molecule has 7 heteroatoms. The molecule has 0 saturated carbocycles. The minimum absolute atomic E-state index is 0.433. The lowest BCUT2D eigenvalue weighted by molar-refractivity contribution is 0.400. The Morgan fingerprint density at radius 3 is 2.48 bits per heavy atom. The second-order valence-corrected chi connectivity index (χ2v) is 6.44. The van der Waals surface area contributed by atoms with Crippen molar-refractivity contribution < 1.29 is 9.26 Å². The van der Waals surface area contributed by atoms with Gasteiger partial charge < -0.3 is 19.9 Å². The van der Waals surface area contributed by atoms with Crippen LogP contribution in [0.3, 0.4) is 0 Å². The molecule has 2 aromatic heterocycles. The van der Waals surface area contributed by atoms with E-state index in [0.29, 0.717) is 29.9 Å². The largest absolute Gasteiger partial charge is 0.496 e. The van der Waals surface area contributed by atoms with Gasteiger partial charge in [-0.2, -0.15) is 4.98 Å². The fraction of sp³-hybridized carbons (Fsp3) is 0.136. The van der Waals surface area contributed by atoms with E-state index < -0.39 is 0 Å². The quantitative estimate of drug-likeness (QED) is 0.471. The van der Waals surface area contributed by atoms with E-state index in [9.17, 15) is 0 Å². The summed E-state index contributed by atoms with van der Waals surface area (Å²) < 4.78 is 10.5. The molecule has 0 aliphatic carbocycles. The summed E-state index contributed by atoms with van der Waals surface area (Å²) in [7, 11) is 1.67. The highest BCUT2D eigenvalue weighted by Gasteiger charge is 2.10. The fourth-order valence-corrected chi connectivity index (χ4v) is 2.93. The van der Waals surface area contributed by atoms with Crippen LogP contribution in [-0.4, -0.2) is 22.2 Å². The third-order valence-corrected chi connectivity index (χ3v) is 4.32. The molecule has 0 radical (unpaired) electrons. The number of methoxy groups -OCH3 is 1. The van der Waals surface area contributed by atoms with Gasteiger partial charge in [0.05, 0.1) is 12.8 Å². The van der Waals surface area contributed by atoms with Crippen LogP contribution in [0.25, 0.3) is 11.3 Å². The number of rotatable bonds is 7. The van der Waals surface area contributed by atoms with Gasteiger partial charge in [-0.05, 0) is 13.0 Å². The summed E-state index contributed by atoms with van der Waals surface area (Å²) in [5.74, 6) is 3.22. The van der Waals surface area contributed by atoms with E-state index in [0.717, 1.165) is 22.6 Å². The first-order chi connectivity index (χ1) is 14.2. The monoisotopic (exact) mass is 387 g/mol. The maximum absolute atomic E-state index is 5.43. The van der Waals surface area contributed by atoms with Crippen LogP contribution in [0.2, 0.25) is 0 Å². The third kappa shape index (κ3) is 4.52. The van der Waals surface area contributed by atoms with Gasteiger partial charge in [0.15, 0.2) is 5.82 Å². The predicted octanol–water partition coefficient (Wildman–Crippen LogP) is 4.80. The summed E-state index contributed by atoms with van der Waals surface area (Å²) in [6, 6.07) is 21.5. The van der Waals surface area contributed by atoms with Crippen molar-refractivity contribution in [2.45, 2.75) is 13.5 Å². The van der Waals surface area contributed by atoms with E-state index in [1.807, 2.05) is 67.6 Å². The molecule has 4 rings (SSSR count). The molecule has 0 aliphatic rings. The van der Waals surface area contributed by atoms with Crippen LogP contribution >= 0.6 is 0 Å². The van der Waals surface area contributed by atoms with Gasteiger partial charge in [0.25, 0.3) is 0 Å². The van der Waals surface area contributed by atoms with Gasteiger partial charge >= 0.3 is 0 Å². The van der Waals surface area contributed by atoms with Crippen LogP contribution in [0.15, 0.2) is 71.3 Å². The number of hydrogen-bond acceptors (Lipinski definition) is 7. The third-order valence-electron chi connectivity index (χ3n) is 4.32. The molecule has 0 amide bonds. The molecule has 4 aromatic rings. The Morgan fingerprint density at radius 2 is 1.72 bits per heavy atom. The highest BCUT2D eigenvalue weighted by atomic mass is 16.5. The Morgan fingerprint density at radius 1 is 0.931 bits per heavy atom. The zero-order chi connectivity index (χ0) is 20.1. The van der Waals surface area contributed by atoms with Crippen LogP contribution < -0.4 is 15.4 Å². The number of para-hydroxylation sites is 1. The standard InChI is InChI=1S/C22H21N5O2/c1-15-12-21(27-29-15)26-22-24-18(16-8-4-3-5-9-16)13-20(25-22)23-14-17-10-6-7-11-19(17)28-2/h3-13H,14H2,1-2H3,(H2,23,24,25,26,27). The summed E-state index contributed by atoms with van der Waals surface area (Å²) in [4.78, 5) is 9.21. The van der Waals surface area contributed by atoms with Crippen LogP contribution in [0.1, 0.15) is 11.3 Å². The molecular weight excluding hydrogens is 366 g/mol. The maximum Gasteiger partial charge on any atom is 0.231 e. The number of aromatic nitrogens is 3. The smallest absolute Gasteiger partial charge is 0.231 e. The number of benzene rings is 2. The molecule has 0 aliphatic heterocycles. The van der Waals surface area contributed by atoms with Gasteiger partial charge in [-0.3, -0.25) is 0 Å². The van der Waals surface area contributed by atoms with Crippen LogP contribution in [0.4, 0.5) is 17.6 Å². The van der Waals surface area contributed by atoms with Crippen molar-refractivity contribution in [2.75, 3.05) is 17.7 Å². The lowest BCUT2D eigenvalue weighted by Crippen LogP contribution is -2.06. The molecule has 2 aromatic carbocycles. The van der Waals surface area contributed by atoms with Crippen molar-refractivity contribution in [1.82, 2.24) is 15.1 Å². The van der Waals surface area contributed by atoms with E-state index in [1.165, 1.54) is 0 Å². The first kappa shape index (κ1) is 18.5. The fourth-order valence-electron chi connectivity index (χ4n) is 2.93. The first-order valence-electron chi connectivity index (χ1n) is 9.22. The van der Waals surface area contributed by atoms with Gasteiger partial charge in [-0.25, -0.2) is 4.98 Å². The van der Waals surface area contributed by atoms with E-state index in [2.05, 4.69) is 25.8 Å². The average Bonchev–Trinajstić information content (AvgIpc) is 3.17. The second kappa shape index (κ2) is 8.43. The normalized spacial score (nSPS) is 10.6. The lowest BCUT2D eigenvalue weighted by atomic mass is 10.1. The molecule has 0 bridgehead atoms. The van der Waals surface area contributed by atoms with Gasteiger partial charge in [0, 0.05) is 29.8 Å². The van der Waals surface area contributed by atoms with Gasteiger partial charge in [0.1, 0.15) is 17.3 Å². The molecule has 146 valence electrons. The molecule has 0 spiro atoms. The molecule has 0 atom stereocenters. The van der Waals surface area contributed by atoms with E-state index in [1.54, 1.807) is 13.2 Å². The molecule has 0 unspecified atom stereocenters. The zero-order valence-corrected chi connectivity index (χ0v) is 16.2. The minimum Gasteiger partial charge on any atom is -0.496 e. The van der Waals surface area contributed by atoms with Crippen molar-refractivity contribution in [3.8, 4) is 17.0 Å². The number of aryl methyl sites for hydroxylation is 1. The van der Waals surface area contributed by atoms with Gasteiger partial charge in [-0.1, -0.05) is 53.7 Å². The average molecular weight is 387 g/mol. The summed E-state index contributed by atoms with van der Waals surface area (Å²) in [6.07, 6.45) is 0. The highest BCUT2D eigenvalue weighted by molar-refractivity contribution is 5.65. The zero-order valence-electron chi connectivity index (χ0n) is 16.2. The Bertz CT molecular complexity index is 1100. The Hall–Kier alpha value is -3.87. The Kier molecular flexibility index (Phi) is 5.38. The Labute approximate surface area is 168 Å². The summed E-state index contributed by atoms with van der Waals surface area (Å²) in [5.41, 5.74) is 2.83. The minimum atomic E-state index is 0.433. The van der Waals surface area contributed by atoms with Gasteiger partial charge in [-0.15, -0.1) is 0 Å². The molecule has 0 fully saturated rings. The van der Waals surface area contributed by atoms with Gasteiger partial charge in [0.2, 0.25) is 5.95 Å². The number of anilines is 3. The van der Waals surface area contributed by atoms with Crippen LogP contribution in [0, 0.1) is 6.92 Å². The van der Waals surface area contributed by atoms with Crippen molar-refractivity contribution in [1.29, 1.82) is 0 Å². The topological polar surface area (TPSA) is 85.1 Å². The molecular formula is C22H21N5O2. The number of hydrogen-bond donors (Lipinski definition) is 2. The van der Waals surface area contributed by atoms with E-state index in [4.69, 9.17) is 9.26 Å². The number of nitrogens with one attached hydrogen (secondary N) is 2. The maximum atomic E-state index is 5.43. The second-order valence-electron chi connectivity index (χ2n) is 6.44. The first-order valence-corrected chi connectivity index (χ1v) is 9.22. The molecule has 7 nitrogen and oxygen atoms in total. The predicted molar refractivity (Wildman–Crippen MR) is 112 cm³/mol. The SMILES string of the molecule is COc1ccccc1CNc1cc(-c2ccccc2)nc(Nc2cc(C)on2)n1. The van der Waals surface area contributed by atoms with E-state index >= 15 is 0 Å². The van der Waals surface area contributed by atoms with Crippen molar-refractivity contribution in [3.63, 3.8) is 0 Å². The molecule has 0 saturated heterocycles. The highest BCUT2D eigenvalue weighted by Crippen LogP contribution is 2.24. The summed E-state index contributed by atoms with van der Waals surface area (Å²) in [6.45, 7) is 2.40. The van der Waals surface area contributed by atoms with Crippen LogP contribution in [0.5, 0.6) is 5.75 Å². The lowest BCUT2D eigenvalue weighted by Gasteiger charge is -2.12. The van der Waals surface area contributed by atoms with Crippen LogP contribution in [-0.2, 0) is 6.54 Å². The summed E-state index contributed by atoms with van der Waals surface area (Å²) >= 11 is 0. The molecule has 2 heterocycles. The van der Waals surface area contributed by atoms with Crippen molar-refractivity contribution in [2.24, 2.45) is 0 Å². The summed E-state index contributed by atoms with van der Waals surface area (Å²) in [5, 5.41) is 10.4. The molecule has 2 N–H and O–H groups in total.